The predicted octanol–water partition coefficient (Wildman–Crippen LogP) is 1.53. The van der Waals surface area contributed by atoms with Crippen LogP contribution in [0.3, 0.4) is 0 Å². The van der Waals surface area contributed by atoms with Crippen molar-refractivity contribution >= 4 is 16.1 Å². The summed E-state index contributed by atoms with van der Waals surface area (Å²) in [6.07, 6.45) is 4.02. The maximum Gasteiger partial charge on any atom is 0.279 e. The summed E-state index contributed by atoms with van der Waals surface area (Å²) >= 11 is 0. The molecule has 24 heavy (non-hydrogen) atoms. The minimum Gasteiger partial charge on any atom is -0.336 e. The van der Waals surface area contributed by atoms with E-state index >= 15 is 0 Å². The summed E-state index contributed by atoms with van der Waals surface area (Å²) in [5.41, 5.74) is 1.71. The first kappa shape index (κ1) is 17.4. The second-order valence-corrected chi connectivity index (χ2v) is 8.37. The molecule has 1 aromatic rings. The molecule has 2 fully saturated rings. The highest BCUT2D eigenvalue weighted by atomic mass is 32.2. The smallest absolute Gasteiger partial charge is 0.279 e. The number of aryl methyl sites for hydroxylation is 1. The molecule has 0 radical (unpaired) electrons. The van der Waals surface area contributed by atoms with E-state index in [-0.39, 0.29) is 11.9 Å². The minimum absolute atomic E-state index is 0.0282. The van der Waals surface area contributed by atoms with Gasteiger partial charge < -0.3 is 4.90 Å². The van der Waals surface area contributed by atoms with Crippen LogP contribution in [0.2, 0.25) is 0 Å². The van der Waals surface area contributed by atoms with Gasteiger partial charge in [0.15, 0.2) is 0 Å². The van der Waals surface area contributed by atoms with Crippen molar-refractivity contribution in [2.24, 2.45) is 0 Å². The van der Waals surface area contributed by atoms with Crippen LogP contribution in [0.15, 0.2) is 24.3 Å². The molecule has 1 heterocycles. The van der Waals surface area contributed by atoms with Gasteiger partial charge in [0.2, 0.25) is 0 Å². The van der Waals surface area contributed by atoms with Crippen LogP contribution in [0.4, 0.5) is 0 Å². The van der Waals surface area contributed by atoms with E-state index < -0.39 is 10.2 Å². The zero-order chi connectivity index (χ0) is 17.2. The second kappa shape index (κ2) is 7.21. The molecule has 1 saturated heterocycles. The highest BCUT2D eigenvalue weighted by Crippen LogP contribution is 2.20. The fourth-order valence-electron chi connectivity index (χ4n) is 3.42. The number of carbonyl (C=O) groups is 1. The van der Waals surface area contributed by atoms with Gasteiger partial charge in [0.25, 0.3) is 16.1 Å². The molecule has 3 rings (SSSR count). The van der Waals surface area contributed by atoms with Crippen LogP contribution in [0.5, 0.6) is 0 Å². The van der Waals surface area contributed by atoms with Crippen molar-refractivity contribution in [2.75, 3.05) is 26.2 Å². The minimum atomic E-state index is -3.44. The summed E-state index contributed by atoms with van der Waals surface area (Å²) < 4.78 is 29.2. The normalized spacial score (nSPS) is 20.5. The van der Waals surface area contributed by atoms with Crippen LogP contribution in [0.25, 0.3) is 0 Å². The molecule has 1 saturated carbocycles. The molecule has 1 aromatic carbocycles. The Morgan fingerprint density at radius 2 is 1.79 bits per heavy atom. The maximum atomic E-state index is 12.5. The largest absolute Gasteiger partial charge is 0.336 e. The Hall–Kier alpha value is -1.44. The van der Waals surface area contributed by atoms with Crippen molar-refractivity contribution in [3.8, 4) is 0 Å². The number of hydrogen-bond donors (Lipinski definition) is 1. The van der Waals surface area contributed by atoms with Crippen LogP contribution in [0, 0.1) is 6.92 Å². The topological polar surface area (TPSA) is 69.7 Å². The lowest BCUT2D eigenvalue weighted by molar-refractivity contribution is 0.0697. The van der Waals surface area contributed by atoms with Crippen molar-refractivity contribution in [2.45, 2.75) is 38.6 Å². The van der Waals surface area contributed by atoms with Gasteiger partial charge in [-0.3, -0.25) is 4.79 Å². The quantitative estimate of drug-likeness (QED) is 0.894. The van der Waals surface area contributed by atoms with Crippen LogP contribution in [-0.2, 0) is 10.2 Å². The van der Waals surface area contributed by atoms with Gasteiger partial charge in [0, 0.05) is 37.8 Å². The van der Waals surface area contributed by atoms with Gasteiger partial charge in [-0.1, -0.05) is 30.5 Å². The lowest BCUT2D eigenvalue weighted by atomic mass is 10.1. The molecule has 1 N–H and O–H groups in total. The molecule has 0 unspecified atom stereocenters. The van der Waals surface area contributed by atoms with Crippen LogP contribution in [0.1, 0.15) is 41.6 Å². The number of nitrogens with one attached hydrogen (secondary N) is 1. The molecule has 0 bridgehead atoms. The highest BCUT2D eigenvalue weighted by Gasteiger charge is 2.31. The fourth-order valence-corrected chi connectivity index (χ4v) is 4.87. The lowest BCUT2D eigenvalue weighted by Crippen LogP contribution is -2.54. The third kappa shape index (κ3) is 3.96. The number of carbonyl (C=O) groups excluding carboxylic acids is 1. The first-order chi connectivity index (χ1) is 11.5. The molecule has 1 aliphatic carbocycles. The molecule has 0 spiro atoms. The van der Waals surface area contributed by atoms with E-state index in [9.17, 15) is 13.2 Å². The van der Waals surface area contributed by atoms with E-state index in [4.69, 9.17) is 0 Å². The summed E-state index contributed by atoms with van der Waals surface area (Å²) in [5.74, 6) is -0.0282. The molecule has 0 atom stereocenters. The van der Waals surface area contributed by atoms with E-state index in [0.29, 0.717) is 31.7 Å². The summed E-state index contributed by atoms with van der Waals surface area (Å²) in [4.78, 5) is 14.3. The number of amides is 1. The average Bonchev–Trinajstić information content (AvgIpc) is 3.06. The van der Waals surface area contributed by atoms with Gasteiger partial charge in [-0.2, -0.15) is 17.4 Å². The van der Waals surface area contributed by atoms with E-state index in [2.05, 4.69) is 4.72 Å². The summed E-state index contributed by atoms with van der Waals surface area (Å²) in [6, 6.07) is 7.57. The maximum absolute atomic E-state index is 12.5. The van der Waals surface area contributed by atoms with Crippen LogP contribution >= 0.6 is 0 Å². The van der Waals surface area contributed by atoms with Crippen LogP contribution < -0.4 is 4.72 Å². The lowest BCUT2D eigenvalue weighted by Gasteiger charge is -2.34. The van der Waals surface area contributed by atoms with Gasteiger partial charge in [-0.25, -0.2) is 0 Å². The van der Waals surface area contributed by atoms with E-state index in [1.165, 1.54) is 4.31 Å². The Labute approximate surface area is 144 Å². The standard InChI is InChI=1S/C17H25N3O3S/c1-14-5-4-6-15(13-14)17(21)19-9-11-20(12-10-19)24(22,23)18-16-7-2-3-8-16/h4-6,13,16,18H,2-3,7-12H2,1H3. The number of piperazine rings is 1. The Balaban J connectivity index is 1.58. The molecule has 2 aliphatic rings. The fraction of sp³-hybridized carbons (Fsp3) is 0.588. The van der Waals surface area contributed by atoms with E-state index in [0.717, 1.165) is 31.2 Å². The van der Waals surface area contributed by atoms with Gasteiger partial charge >= 0.3 is 0 Å². The molecule has 7 heteroatoms. The number of benzene rings is 1. The van der Waals surface area contributed by atoms with Crippen LogP contribution in [-0.4, -0.2) is 55.8 Å². The Morgan fingerprint density at radius 1 is 1.12 bits per heavy atom. The van der Waals surface area contributed by atoms with Crippen molar-refractivity contribution < 1.29 is 13.2 Å². The Bertz CT molecular complexity index is 691. The number of hydrogen-bond acceptors (Lipinski definition) is 3. The van der Waals surface area contributed by atoms with Crippen molar-refractivity contribution in [3.05, 3.63) is 35.4 Å². The summed E-state index contributed by atoms with van der Waals surface area (Å²) in [5, 5.41) is 0. The number of nitrogens with zero attached hydrogens (tertiary/aromatic N) is 2. The van der Waals surface area contributed by atoms with E-state index in [1.54, 1.807) is 11.0 Å². The zero-order valence-corrected chi connectivity index (χ0v) is 14.9. The second-order valence-electron chi connectivity index (χ2n) is 6.66. The highest BCUT2D eigenvalue weighted by molar-refractivity contribution is 7.87. The van der Waals surface area contributed by atoms with E-state index in [1.807, 2.05) is 25.1 Å². The van der Waals surface area contributed by atoms with Gasteiger partial charge in [-0.15, -0.1) is 0 Å². The van der Waals surface area contributed by atoms with Crippen molar-refractivity contribution in [1.29, 1.82) is 0 Å². The molecule has 0 aromatic heterocycles. The van der Waals surface area contributed by atoms with Gasteiger partial charge in [0.05, 0.1) is 0 Å². The summed E-state index contributed by atoms with van der Waals surface area (Å²) in [6.45, 7) is 3.51. The molecule has 1 aliphatic heterocycles. The zero-order valence-electron chi connectivity index (χ0n) is 14.1. The molecule has 1 amide bonds. The third-order valence-electron chi connectivity index (χ3n) is 4.80. The Kier molecular flexibility index (Phi) is 5.22. The van der Waals surface area contributed by atoms with Crippen molar-refractivity contribution in [3.63, 3.8) is 0 Å². The monoisotopic (exact) mass is 351 g/mol. The number of rotatable bonds is 4. The first-order valence-corrected chi connectivity index (χ1v) is 10.0. The molecular formula is C17H25N3O3S. The Morgan fingerprint density at radius 3 is 2.42 bits per heavy atom. The average molecular weight is 351 g/mol. The van der Waals surface area contributed by atoms with Gasteiger partial charge in [0.1, 0.15) is 0 Å². The SMILES string of the molecule is Cc1cccc(C(=O)N2CCN(S(=O)(=O)NC3CCCC3)CC2)c1. The molecule has 132 valence electrons. The first-order valence-electron chi connectivity index (χ1n) is 8.59. The third-order valence-corrected chi connectivity index (χ3v) is 6.48. The molecular weight excluding hydrogens is 326 g/mol. The van der Waals surface area contributed by atoms with Gasteiger partial charge in [-0.05, 0) is 31.9 Å². The van der Waals surface area contributed by atoms with Crippen molar-refractivity contribution in [1.82, 2.24) is 13.9 Å². The predicted molar refractivity (Wildman–Crippen MR) is 93.0 cm³/mol. The molecule has 6 nitrogen and oxygen atoms in total. The summed E-state index contributed by atoms with van der Waals surface area (Å²) in [7, 11) is -3.44.